The minimum absolute atomic E-state index is 0.154. The molecule has 0 saturated carbocycles. The molecule has 1 rings (SSSR count). The minimum Gasteiger partial charge on any atom is -0.450 e. The third kappa shape index (κ3) is 8.95. The molecule has 27 heavy (non-hydrogen) atoms. The number of carbonyl (C=O) groups is 3. The number of carbonyl (C=O) groups excluding carboxylic acids is 3. The lowest BCUT2D eigenvalue weighted by Crippen LogP contribution is -2.41. The van der Waals surface area contributed by atoms with E-state index in [2.05, 4.69) is 6.92 Å². The lowest BCUT2D eigenvalue weighted by molar-refractivity contribution is -0.152. The van der Waals surface area contributed by atoms with Crippen molar-refractivity contribution >= 4 is 17.5 Å². The van der Waals surface area contributed by atoms with Crippen molar-refractivity contribution in [1.29, 1.82) is 0 Å². The Morgan fingerprint density at radius 3 is 2.15 bits per heavy atom. The largest absolute Gasteiger partial charge is 0.450 e. The van der Waals surface area contributed by atoms with Crippen LogP contribution in [-0.2, 0) is 23.9 Å². The van der Waals surface area contributed by atoms with Gasteiger partial charge in [0.25, 0.3) is 5.78 Å². The lowest BCUT2D eigenvalue weighted by Gasteiger charge is -2.20. The van der Waals surface area contributed by atoms with Crippen LogP contribution in [0.2, 0.25) is 0 Å². The molecule has 1 heterocycles. The van der Waals surface area contributed by atoms with Crippen molar-refractivity contribution in [2.45, 2.75) is 95.9 Å². The summed E-state index contributed by atoms with van der Waals surface area (Å²) in [5.41, 5.74) is 0. The Hall–Kier alpha value is -1.31. The van der Waals surface area contributed by atoms with Gasteiger partial charge in [0.05, 0.1) is 6.61 Å². The van der Waals surface area contributed by atoms with E-state index in [4.69, 9.17) is 14.6 Å². The molecule has 1 unspecified atom stereocenters. The number of hydrogen-bond donors (Lipinski definition) is 2. The van der Waals surface area contributed by atoms with Crippen LogP contribution in [0, 0.1) is 0 Å². The average molecular weight is 386 g/mol. The van der Waals surface area contributed by atoms with E-state index in [0.717, 1.165) is 19.3 Å². The topological polar surface area (TPSA) is 110 Å². The van der Waals surface area contributed by atoms with Gasteiger partial charge in [-0.15, -0.1) is 0 Å². The molecule has 2 N–H and O–H groups in total. The van der Waals surface area contributed by atoms with Crippen LogP contribution < -0.4 is 0 Å². The molecule has 1 fully saturated rings. The van der Waals surface area contributed by atoms with Crippen LogP contribution in [0.1, 0.15) is 77.6 Å². The highest BCUT2D eigenvalue weighted by molar-refractivity contribution is 6.37. The Bertz CT molecular complexity index is 463. The van der Waals surface area contributed by atoms with Gasteiger partial charge < -0.3 is 19.7 Å². The van der Waals surface area contributed by atoms with Gasteiger partial charge in [0.1, 0.15) is 12.7 Å². The highest BCUT2D eigenvalue weighted by Gasteiger charge is 2.48. The number of aliphatic hydroxyl groups excluding tert-OH is 2. The fourth-order valence-corrected chi connectivity index (χ4v) is 3.13. The van der Waals surface area contributed by atoms with Crippen LogP contribution in [0.3, 0.4) is 0 Å². The van der Waals surface area contributed by atoms with Gasteiger partial charge in [0.2, 0.25) is 0 Å². The van der Waals surface area contributed by atoms with Crippen molar-refractivity contribution in [2.24, 2.45) is 0 Å². The molecule has 0 aromatic carbocycles. The molecule has 0 aliphatic carbocycles. The molecule has 7 heteroatoms. The second-order valence-electron chi connectivity index (χ2n) is 7.19. The predicted octanol–water partition coefficient (Wildman–Crippen LogP) is 2.10. The maximum absolute atomic E-state index is 11.9. The molecule has 0 amide bonds. The summed E-state index contributed by atoms with van der Waals surface area (Å²) in [5.74, 6) is -2.20. The number of unbranched alkanes of at least 4 members (excludes halogenated alkanes) is 9. The van der Waals surface area contributed by atoms with Crippen LogP contribution >= 0.6 is 0 Å². The van der Waals surface area contributed by atoms with E-state index in [1.807, 2.05) is 0 Å². The second kappa shape index (κ2) is 13.8. The van der Waals surface area contributed by atoms with Crippen LogP contribution in [0.4, 0.5) is 0 Å². The van der Waals surface area contributed by atoms with Gasteiger partial charge in [-0.25, -0.2) is 4.79 Å². The third-order valence-corrected chi connectivity index (χ3v) is 4.80. The first kappa shape index (κ1) is 23.7. The number of ketones is 2. The van der Waals surface area contributed by atoms with Gasteiger partial charge in [0.15, 0.2) is 18.0 Å². The fraction of sp³-hybridized carbons (Fsp3) is 0.850. The zero-order valence-corrected chi connectivity index (χ0v) is 16.4. The summed E-state index contributed by atoms with van der Waals surface area (Å²) >= 11 is 0. The van der Waals surface area contributed by atoms with Crippen molar-refractivity contribution in [3.63, 3.8) is 0 Å². The summed E-state index contributed by atoms with van der Waals surface area (Å²) < 4.78 is 9.91. The van der Waals surface area contributed by atoms with Crippen LogP contribution in [-0.4, -0.2) is 59.3 Å². The van der Waals surface area contributed by atoms with Crippen molar-refractivity contribution in [3.05, 3.63) is 0 Å². The Balaban J connectivity index is 2.11. The van der Waals surface area contributed by atoms with E-state index in [9.17, 15) is 19.5 Å². The first-order valence-corrected chi connectivity index (χ1v) is 10.2. The zero-order valence-electron chi connectivity index (χ0n) is 16.4. The Morgan fingerprint density at radius 1 is 1.04 bits per heavy atom. The van der Waals surface area contributed by atoms with Gasteiger partial charge >= 0.3 is 5.97 Å². The SMILES string of the molecule is CCCCCCCCCCCCC(=O)COC1C(=O)C(=O)O[C@@H]1[C@@H](O)CO. The van der Waals surface area contributed by atoms with Crippen molar-refractivity contribution in [2.75, 3.05) is 13.2 Å². The smallest absolute Gasteiger partial charge is 0.378 e. The van der Waals surface area contributed by atoms with E-state index in [-0.39, 0.29) is 12.4 Å². The van der Waals surface area contributed by atoms with Crippen LogP contribution in [0.25, 0.3) is 0 Å². The van der Waals surface area contributed by atoms with E-state index < -0.39 is 36.7 Å². The normalized spacial score (nSPS) is 20.7. The number of Topliss-reactive ketones (excluding diaryl/α,β-unsaturated/α-hetero) is 2. The van der Waals surface area contributed by atoms with Gasteiger partial charge in [-0.05, 0) is 6.42 Å². The maximum atomic E-state index is 11.9. The van der Waals surface area contributed by atoms with Gasteiger partial charge in [-0.3, -0.25) is 9.59 Å². The van der Waals surface area contributed by atoms with E-state index in [1.165, 1.54) is 44.9 Å². The molecule has 7 nitrogen and oxygen atoms in total. The molecule has 0 aromatic rings. The summed E-state index contributed by atoms with van der Waals surface area (Å²) in [7, 11) is 0. The molecule has 0 radical (unpaired) electrons. The predicted molar refractivity (Wildman–Crippen MR) is 99.2 cm³/mol. The quantitative estimate of drug-likeness (QED) is 0.237. The second-order valence-corrected chi connectivity index (χ2v) is 7.19. The van der Waals surface area contributed by atoms with E-state index in [0.29, 0.717) is 6.42 Å². The molecule has 1 aliphatic heterocycles. The average Bonchev–Trinajstić information content (AvgIpc) is 2.95. The summed E-state index contributed by atoms with van der Waals surface area (Å²) in [5, 5.41) is 18.5. The molecule has 0 spiro atoms. The first-order chi connectivity index (χ1) is 13.0. The van der Waals surface area contributed by atoms with Gasteiger partial charge in [-0.2, -0.15) is 0 Å². The zero-order chi connectivity index (χ0) is 20.1. The molecule has 1 saturated heterocycles. The van der Waals surface area contributed by atoms with Crippen molar-refractivity contribution in [3.8, 4) is 0 Å². The molecule has 3 atom stereocenters. The number of ether oxygens (including phenoxy) is 2. The number of cyclic esters (lactones) is 1. The number of hydrogen-bond acceptors (Lipinski definition) is 7. The van der Waals surface area contributed by atoms with Crippen LogP contribution in [0.5, 0.6) is 0 Å². The molecule has 0 bridgehead atoms. The summed E-state index contributed by atoms with van der Waals surface area (Å²) in [6, 6.07) is 0. The highest BCUT2D eigenvalue weighted by atomic mass is 16.6. The maximum Gasteiger partial charge on any atom is 0.378 e. The lowest BCUT2D eigenvalue weighted by atomic mass is 10.0. The molecule has 0 aromatic heterocycles. The highest BCUT2D eigenvalue weighted by Crippen LogP contribution is 2.19. The summed E-state index contributed by atoms with van der Waals surface area (Å²) in [4.78, 5) is 34.9. The molecule has 156 valence electrons. The standard InChI is InChI=1S/C20H34O7/c1-2-3-4-5-6-7-8-9-10-11-12-15(22)14-26-19-17(24)20(25)27-18(19)16(23)13-21/h16,18-19,21,23H,2-14H2,1H3/t16-,18+,19?/m0/s1. The van der Waals surface area contributed by atoms with E-state index >= 15 is 0 Å². The van der Waals surface area contributed by atoms with Crippen molar-refractivity contribution < 1.29 is 34.1 Å². The Labute approximate surface area is 161 Å². The first-order valence-electron chi connectivity index (χ1n) is 10.2. The van der Waals surface area contributed by atoms with Crippen molar-refractivity contribution in [1.82, 2.24) is 0 Å². The monoisotopic (exact) mass is 386 g/mol. The van der Waals surface area contributed by atoms with Gasteiger partial charge in [-0.1, -0.05) is 64.7 Å². The summed E-state index contributed by atoms with van der Waals surface area (Å²) in [6.07, 6.45) is 8.13. The molecular formula is C20H34O7. The number of aliphatic hydroxyl groups is 2. The van der Waals surface area contributed by atoms with Crippen LogP contribution in [0.15, 0.2) is 0 Å². The van der Waals surface area contributed by atoms with Gasteiger partial charge in [0, 0.05) is 6.42 Å². The Morgan fingerprint density at radius 2 is 1.59 bits per heavy atom. The van der Waals surface area contributed by atoms with E-state index in [1.54, 1.807) is 0 Å². The molecule has 1 aliphatic rings. The number of esters is 1. The Kier molecular flexibility index (Phi) is 12.1. The number of rotatable bonds is 16. The molecular weight excluding hydrogens is 352 g/mol. The minimum atomic E-state index is -1.41. The third-order valence-electron chi connectivity index (χ3n) is 4.80. The summed E-state index contributed by atoms with van der Waals surface area (Å²) in [6.45, 7) is 1.23. The fourth-order valence-electron chi connectivity index (χ4n) is 3.13.